The van der Waals surface area contributed by atoms with Crippen molar-refractivity contribution >= 4 is 11.6 Å². The number of aryl methyl sites for hydroxylation is 2. The fraction of sp³-hybridized carbons (Fsp3) is 0.154. The molecular weight excluding hydrogens is 250 g/mol. The normalized spacial score (nSPS) is 9.89. The molecule has 0 unspecified atom stereocenters. The van der Waals surface area contributed by atoms with Crippen LogP contribution in [0.25, 0.3) is 0 Å². The second-order valence-corrected chi connectivity index (χ2v) is 4.17. The summed E-state index contributed by atoms with van der Waals surface area (Å²) >= 11 is 5.68. The highest BCUT2D eigenvalue weighted by atomic mass is 35.5. The summed E-state index contributed by atoms with van der Waals surface area (Å²) in [5, 5.41) is 9.22. The van der Waals surface area contributed by atoms with Crippen molar-refractivity contribution in [2.24, 2.45) is 0 Å². The molecule has 0 fully saturated rings. The predicted octanol–water partition coefficient (Wildman–Crippen LogP) is 3.41. The van der Waals surface area contributed by atoms with Gasteiger partial charge < -0.3 is 4.74 Å². The monoisotopic (exact) mass is 259 g/mol. The van der Waals surface area contributed by atoms with Crippen molar-refractivity contribution in [3.8, 4) is 17.7 Å². The molecule has 2 aromatic rings. The molecule has 5 heteroatoms. The van der Waals surface area contributed by atoms with E-state index in [0.717, 1.165) is 11.1 Å². The summed E-state index contributed by atoms with van der Waals surface area (Å²) in [5.41, 5.74) is 2.36. The molecule has 0 bridgehead atoms. The Morgan fingerprint density at radius 1 is 1.33 bits per heavy atom. The topological polar surface area (TPSA) is 58.8 Å². The number of benzene rings is 1. The van der Waals surface area contributed by atoms with E-state index in [2.05, 4.69) is 16.0 Å². The number of hydrogen-bond donors (Lipinski definition) is 0. The SMILES string of the molecule is Cc1cc(C)c(Oc2ccnc(Cl)n2)c(C#N)c1. The standard InChI is InChI=1S/C13H10ClN3O/c1-8-5-9(2)12(10(6-8)7-15)18-11-3-4-16-13(14)17-11/h3-6H,1-2H3. The molecule has 1 aromatic heterocycles. The molecule has 4 nitrogen and oxygen atoms in total. The first-order valence-electron chi connectivity index (χ1n) is 5.28. The Hall–Kier alpha value is -2.12. The summed E-state index contributed by atoms with van der Waals surface area (Å²) in [6, 6.07) is 7.41. The minimum Gasteiger partial charge on any atom is -0.437 e. The quantitative estimate of drug-likeness (QED) is 0.776. The molecule has 0 amide bonds. The molecular formula is C13H10ClN3O. The third kappa shape index (κ3) is 2.58. The van der Waals surface area contributed by atoms with Gasteiger partial charge in [0.2, 0.25) is 11.2 Å². The van der Waals surface area contributed by atoms with Gasteiger partial charge >= 0.3 is 0 Å². The van der Waals surface area contributed by atoms with E-state index in [-0.39, 0.29) is 5.28 Å². The molecule has 0 spiro atoms. The minimum absolute atomic E-state index is 0.107. The zero-order valence-electron chi connectivity index (χ0n) is 9.94. The Balaban J connectivity index is 2.44. The third-order valence-electron chi connectivity index (χ3n) is 2.35. The Morgan fingerprint density at radius 2 is 2.11 bits per heavy atom. The number of nitriles is 1. The van der Waals surface area contributed by atoms with Gasteiger partial charge in [-0.1, -0.05) is 6.07 Å². The number of nitrogens with zero attached hydrogens (tertiary/aromatic N) is 3. The lowest BCUT2D eigenvalue weighted by Crippen LogP contribution is -1.95. The number of ether oxygens (including phenoxy) is 1. The van der Waals surface area contributed by atoms with E-state index in [9.17, 15) is 0 Å². The van der Waals surface area contributed by atoms with Crippen molar-refractivity contribution in [2.75, 3.05) is 0 Å². The minimum atomic E-state index is 0.107. The van der Waals surface area contributed by atoms with Crippen LogP contribution in [0.5, 0.6) is 11.6 Å². The van der Waals surface area contributed by atoms with Crippen LogP contribution in [0.3, 0.4) is 0 Å². The number of aromatic nitrogens is 2. The zero-order chi connectivity index (χ0) is 13.1. The maximum Gasteiger partial charge on any atom is 0.225 e. The molecule has 18 heavy (non-hydrogen) atoms. The third-order valence-corrected chi connectivity index (χ3v) is 2.53. The van der Waals surface area contributed by atoms with Gasteiger partial charge in [-0.15, -0.1) is 0 Å². The molecule has 0 aliphatic heterocycles. The summed E-state index contributed by atoms with van der Waals surface area (Å²) in [6.07, 6.45) is 1.50. The van der Waals surface area contributed by atoms with Crippen LogP contribution in [0, 0.1) is 25.2 Å². The van der Waals surface area contributed by atoms with E-state index in [0.29, 0.717) is 17.2 Å². The van der Waals surface area contributed by atoms with Crippen LogP contribution in [0.2, 0.25) is 5.28 Å². The molecule has 90 valence electrons. The largest absolute Gasteiger partial charge is 0.437 e. The molecule has 2 rings (SSSR count). The van der Waals surface area contributed by atoms with E-state index in [1.54, 1.807) is 12.1 Å². The highest BCUT2D eigenvalue weighted by Crippen LogP contribution is 2.29. The highest BCUT2D eigenvalue weighted by molar-refractivity contribution is 6.28. The second kappa shape index (κ2) is 5.03. The van der Waals surface area contributed by atoms with Gasteiger partial charge in [0.05, 0.1) is 5.56 Å². The first kappa shape index (κ1) is 12.3. The zero-order valence-corrected chi connectivity index (χ0v) is 10.7. The summed E-state index contributed by atoms with van der Waals surface area (Å²) < 4.78 is 5.61. The Labute approximate surface area is 110 Å². The average Bonchev–Trinajstić information content (AvgIpc) is 2.32. The lowest BCUT2D eigenvalue weighted by atomic mass is 10.1. The summed E-state index contributed by atoms with van der Waals surface area (Å²) in [6.45, 7) is 3.81. The van der Waals surface area contributed by atoms with Gasteiger partial charge in [-0.3, -0.25) is 0 Å². The van der Waals surface area contributed by atoms with Crippen molar-refractivity contribution in [3.63, 3.8) is 0 Å². The van der Waals surface area contributed by atoms with E-state index >= 15 is 0 Å². The van der Waals surface area contributed by atoms with Gasteiger partial charge in [0.15, 0.2) is 0 Å². The lowest BCUT2D eigenvalue weighted by molar-refractivity contribution is 0.456. The molecule has 0 N–H and O–H groups in total. The summed E-state index contributed by atoms with van der Waals surface area (Å²) in [4.78, 5) is 7.70. The van der Waals surface area contributed by atoms with Crippen molar-refractivity contribution in [1.82, 2.24) is 9.97 Å². The molecule has 0 atom stereocenters. The van der Waals surface area contributed by atoms with Crippen molar-refractivity contribution in [1.29, 1.82) is 5.26 Å². The van der Waals surface area contributed by atoms with Crippen LogP contribution in [0.4, 0.5) is 0 Å². The first-order chi connectivity index (χ1) is 8.60. The van der Waals surface area contributed by atoms with Crippen molar-refractivity contribution in [3.05, 3.63) is 46.4 Å². The molecule has 1 aromatic carbocycles. The maximum absolute atomic E-state index is 9.11. The summed E-state index contributed by atoms with van der Waals surface area (Å²) in [7, 11) is 0. The van der Waals surface area contributed by atoms with E-state index in [1.807, 2.05) is 19.9 Å². The van der Waals surface area contributed by atoms with Gasteiger partial charge in [-0.25, -0.2) is 4.98 Å². The lowest BCUT2D eigenvalue weighted by Gasteiger charge is -2.10. The molecule has 0 radical (unpaired) electrons. The fourth-order valence-corrected chi connectivity index (χ4v) is 1.79. The maximum atomic E-state index is 9.11. The van der Waals surface area contributed by atoms with Gasteiger partial charge in [0.1, 0.15) is 11.8 Å². The Kier molecular flexibility index (Phi) is 3.45. The van der Waals surface area contributed by atoms with E-state index in [4.69, 9.17) is 21.6 Å². The molecule has 0 saturated heterocycles. The van der Waals surface area contributed by atoms with Crippen LogP contribution in [0.1, 0.15) is 16.7 Å². The smallest absolute Gasteiger partial charge is 0.225 e. The molecule has 1 heterocycles. The van der Waals surface area contributed by atoms with Crippen molar-refractivity contribution < 1.29 is 4.74 Å². The van der Waals surface area contributed by atoms with Crippen LogP contribution >= 0.6 is 11.6 Å². The van der Waals surface area contributed by atoms with Crippen LogP contribution in [-0.2, 0) is 0 Å². The molecule has 0 aliphatic carbocycles. The van der Waals surface area contributed by atoms with Gasteiger partial charge in [-0.2, -0.15) is 10.2 Å². The first-order valence-corrected chi connectivity index (χ1v) is 5.65. The van der Waals surface area contributed by atoms with Gasteiger partial charge in [0.25, 0.3) is 0 Å². The summed E-state index contributed by atoms with van der Waals surface area (Å²) in [5.74, 6) is 0.816. The Morgan fingerprint density at radius 3 is 2.78 bits per heavy atom. The van der Waals surface area contributed by atoms with Crippen LogP contribution < -0.4 is 4.74 Å². The molecule has 0 saturated carbocycles. The number of halogens is 1. The Bertz CT molecular complexity index is 635. The van der Waals surface area contributed by atoms with E-state index in [1.165, 1.54) is 6.20 Å². The molecule has 0 aliphatic rings. The second-order valence-electron chi connectivity index (χ2n) is 3.84. The van der Waals surface area contributed by atoms with Crippen LogP contribution in [-0.4, -0.2) is 9.97 Å². The van der Waals surface area contributed by atoms with Crippen LogP contribution in [0.15, 0.2) is 24.4 Å². The fourth-order valence-electron chi connectivity index (χ4n) is 1.65. The van der Waals surface area contributed by atoms with Gasteiger partial charge in [-0.05, 0) is 42.6 Å². The number of rotatable bonds is 2. The van der Waals surface area contributed by atoms with Gasteiger partial charge in [0, 0.05) is 12.3 Å². The highest BCUT2D eigenvalue weighted by Gasteiger charge is 2.10. The van der Waals surface area contributed by atoms with Crippen molar-refractivity contribution in [2.45, 2.75) is 13.8 Å². The number of hydrogen-bond acceptors (Lipinski definition) is 4. The predicted molar refractivity (Wildman–Crippen MR) is 67.7 cm³/mol. The van der Waals surface area contributed by atoms with E-state index < -0.39 is 0 Å². The average molecular weight is 260 g/mol.